The van der Waals surface area contributed by atoms with Crippen LogP contribution in [0.3, 0.4) is 0 Å². The van der Waals surface area contributed by atoms with Gasteiger partial charge >= 0.3 is 0 Å². The summed E-state index contributed by atoms with van der Waals surface area (Å²) in [5, 5.41) is 11.2. The van der Waals surface area contributed by atoms with Crippen LogP contribution in [0, 0.1) is 5.41 Å². The van der Waals surface area contributed by atoms with Crippen molar-refractivity contribution in [1.29, 1.82) is 5.41 Å². The van der Waals surface area contributed by atoms with E-state index in [1.165, 1.54) is 11.8 Å². The predicted molar refractivity (Wildman–Crippen MR) is 163 cm³/mol. The molecule has 2 aliphatic rings. The van der Waals surface area contributed by atoms with Gasteiger partial charge in [-0.15, -0.1) is 6.58 Å². The molecule has 41 heavy (non-hydrogen) atoms. The second-order valence-corrected chi connectivity index (χ2v) is 9.85. The Hall–Kier alpha value is -4.76. The summed E-state index contributed by atoms with van der Waals surface area (Å²) in [6.45, 7) is 4.34. The minimum atomic E-state index is -0.458. The molecule has 0 bridgehead atoms. The first-order valence-corrected chi connectivity index (χ1v) is 13.8. The van der Waals surface area contributed by atoms with Gasteiger partial charge in [-0.1, -0.05) is 60.3 Å². The first-order valence-electron chi connectivity index (χ1n) is 12.9. The van der Waals surface area contributed by atoms with Gasteiger partial charge in [0.1, 0.15) is 19.0 Å². The fourth-order valence-electron chi connectivity index (χ4n) is 4.40. The molecule has 3 aromatic rings. The monoisotopic (exact) mass is 567 g/mol. The van der Waals surface area contributed by atoms with Crippen molar-refractivity contribution in [3.05, 3.63) is 107 Å². The lowest BCUT2D eigenvalue weighted by Crippen LogP contribution is -2.38. The number of thioether (sulfide) groups is 1. The van der Waals surface area contributed by atoms with Crippen molar-refractivity contribution < 1.29 is 23.7 Å². The van der Waals surface area contributed by atoms with Gasteiger partial charge in [0.2, 0.25) is 0 Å². The number of hydrogen-bond acceptors (Lipinski definition) is 7. The van der Waals surface area contributed by atoms with Crippen LogP contribution in [-0.4, -0.2) is 49.2 Å². The topological polar surface area (TPSA) is 93.4 Å². The molecule has 0 fully saturated rings. The summed E-state index contributed by atoms with van der Waals surface area (Å²) < 4.78 is 22.8. The Morgan fingerprint density at radius 3 is 2.29 bits per heavy atom. The smallest absolute Gasteiger partial charge is 0.283 e. The standard InChI is InChI=1S/C32H29N3O5S/c1-4-8-21-11-13-26(28(18-21)37-2)39-15-16-40-27-14-12-22(19-29(27)38-3)17-24-30(33)35-25(23-9-6-5-7-10-23)20-41-32(35)34-31(24)36/h4-7,9-14,17-20,33H,1,8,15-16H2,2-3H3. The molecule has 2 aliphatic heterocycles. The molecule has 1 amide bonds. The average molecular weight is 568 g/mol. The number of rotatable bonds is 11. The van der Waals surface area contributed by atoms with Crippen LogP contribution < -0.4 is 18.9 Å². The number of nitrogens with one attached hydrogen (secondary N) is 1. The van der Waals surface area contributed by atoms with Crippen LogP contribution in [0.15, 0.2) is 95.4 Å². The number of fused-ring (bicyclic) bond motifs is 1. The Labute approximate surface area is 243 Å². The van der Waals surface area contributed by atoms with Gasteiger partial charge in [0.15, 0.2) is 28.2 Å². The van der Waals surface area contributed by atoms with Gasteiger partial charge in [-0.05, 0) is 53.5 Å². The van der Waals surface area contributed by atoms with E-state index in [0.717, 1.165) is 23.2 Å². The fourth-order valence-corrected chi connectivity index (χ4v) is 5.29. The maximum Gasteiger partial charge on any atom is 0.283 e. The first-order chi connectivity index (χ1) is 20.0. The van der Waals surface area contributed by atoms with E-state index in [-0.39, 0.29) is 18.0 Å². The maximum atomic E-state index is 12.9. The van der Waals surface area contributed by atoms with Crippen molar-refractivity contribution in [2.24, 2.45) is 4.99 Å². The number of carbonyl (C=O) groups excluding carboxylic acids is 1. The molecule has 0 saturated heterocycles. The third-order valence-corrected chi connectivity index (χ3v) is 7.22. The number of nitrogens with zero attached hydrogens (tertiary/aromatic N) is 2. The minimum Gasteiger partial charge on any atom is -0.493 e. The SMILES string of the molecule is C=CCc1ccc(OCCOc2ccc(C=C3C(=N)N4C(c5ccccc5)=CSC4=NC3=O)cc2OC)c(OC)c1. The van der Waals surface area contributed by atoms with Gasteiger partial charge in [-0.2, -0.15) is 4.99 Å². The van der Waals surface area contributed by atoms with Gasteiger partial charge in [-0.25, -0.2) is 0 Å². The molecule has 8 nitrogen and oxygen atoms in total. The third-order valence-electron chi connectivity index (χ3n) is 6.39. The van der Waals surface area contributed by atoms with Crippen LogP contribution in [0.1, 0.15) is 16.7 Å². The number of aliphatic imine (C=N–C) groups is 1. The zero-order chi connectivity index (χ0) is 28.8. The highest BCUT2D eigenvalue weighted by molar-refractivity contribution is 8.17. The average Bonchev–Trinajstić information content (AvgIpc) is 3.42. The summed E-state index contributed by atoms with van der Waals surface area (Å²) in [6, 6.07) is 20.8. The second-order valence-electron chi connectivity index (χ2n) is 9.01. The second kappa shape index (κ2) is 12.6. The number of benzene rings is 3. The van der Waals surface area contributed by atoms with Gasteiger partial charge in [0.05, 0.1) is 25.5 Å². The van der Waals surface area contributed by atoms with Gasteiger partial charge < -0.3 is 18.9 Å². The van der Waals surface area contributed by atoms with E-state index in [2.05, 4.69) is 11.6 Å². The van der Waals surface area contributed by atoms with Gasteiger partial charge in [-0.3, -0.25) is 15.1 Å². The predicted octanol–water partition coefficient (Wildman–Crippen LogP) is 6.19. The van der Waals surface area contributed by atoms with Crippen LogP contribution >= 0.6 is 11.8 Å². The molecule has 0 aromatic heterocycles. The molecular weight excluding hydrogens is 538 g/mol. The van der Waals surface area contributed by atoms with Gasteiger partial charge in [0, 0.05) is 5.41 Å². The molecule has 2 heterocycles. The molecule has 1 N–H and O–H groups in total. The number of amides is 1. The number of hydrogen-bond donors (Lipinski definition) is 1. The number of allylic oxidation sites excluding steroid dienone is 1. The highest BCUT2D eigenvalue weighted by atomic mass is 32.2. The fraction of sp³-hybridized carbons (Fsp3) is 0.156. The maximum absolute atomic E-state index is 12.9. The van der Waals surface area contributed by atoms with E-state index in [0.29, 0.717) is 40.3 Å². The molecule has 0 atom stereocenters. The van der Waals surface area contributed by atoms with Gasteiger partial charge in [0.25, 0.3) is 5.91 Å². The molecule has 0 saturated carbocycles. The Morgan fingerprint density at radius 1 is 0.927 bits per heavy atom. The molecule has 0 spiro atoms. The summed E-state index contributed by atoms with van der Waals surface area (Å²) in [6.07, 6.45) is 4.23. The van der Waals surface area contributed by atoms with Crippen molar-refractivity contribution >= 4 is 40.4 Å². The highest BCUT2D eigenvalue weighted by Gasteiger charge is 2.36. The van der Waals surface area contributed by atoms with Crippen LogP contribution in [0.2, 0.25) is 0 Å². The summed E-state index contributed by atoms with van der Waals surface area (Å²) in [5.41, 5.74) is 3.71. The van der Waals surface area contributed by atoms with Crippen LogP contribution in [0.4, 0.5) is 0 Å². The molecular formula is C32H29N3O5S. The minimum absolute atomic E-state index is 0.0736. The summed E-state index contributed by atoms with van der Waals surface area (Å²) in [4.78, 5) is 18.8. The Bertz CT molecular complexity index is 1580. The highest BCUT2D eigenvalue weighted by Crippen LogP contribution is 2.38. The van der Waals surface area contributed by atoms with Crippen LogP contribution in [-0.2, 0) is 11.2 Å². The lowest BCUT2D eigenvalue weighted by atomic mass is 10.1. The van der Waals surface area contributed by atoms with E-state index in [1.54, 1.807) is 43.4 Å². The zero-order valence-corrected chi connectivity index (χ0v) is 23.6. The number of ether oxygens (including phenoxy) is 4. The van der Waals surface area contributed by atoms with E-state index < -0.39 is 5.91 Å². The van der Waals surface area contributed by atoms with Crippen molar-refractivity contribution in [3.63, 3.8) is 0 Å². The van der Waals surface area contributed by atoms with Crippen LogP contribution in [0.25, 0.3) is 11.8 Å². The molecule has 0 unspecified atom stereocenters. The third kappa shape index (κ3) is 6.05. The molecule has 0 aliphatic carbocycles. The van der Waals surface area contributed by atoms with E-state index in [9.17, 15) is 4.79 Å². The van der Waals surface area contributed by atoms with Crippen molar-refractivity contribution in [2.45, 2.75) is 6.42 Å². The van der Waals surface area contributed by atoms with Crippen LogP contribution in [0.5, 0.6) is 23.0 Å². The summed E-state index contributed by atoms with van der Waals surface area (Å²) in [5.74, 6) is 1.92. The molecule has 9 heteroatoms. The summed E-state index contributed by atoms with van der Waals surface area (Å²) in [7, 11) is 3.16. The first kappa shape index (κ1) is 27.8. The van der Waals surface area contributed by atoms with Crippen molar-refractivity contribution in [3.8, 4) is 23.0 Å². The quantitative estimate of drug-likeness (QED) is 0.168. The molecule has 3 aromatic carbocycles. The molecule has 208 valence electrons. The number of amidine groups is 2. The number of methoxy groups -OCH3 is 2. The lowest BCUT2D eigenvalue weighted by molar-refractivity contribution is -0.114. The van der Waals surface area contributed by atoms with Crippen molar-refractivity contribution in [2.75, 3.05) is 27.4 Å². The molecule has 0 radical (unpaired) electrons. The molecule has 5 rings (SSSR count). The Kier molecular flexibility index (Phi) is 8.55. The largest absolute Gasteiger partial charge is 0.493 e. The summed E-state index contributed by atoms with van der Waals surface area (Å²) >= 11 is 1.33. The normalized spacial score (nSPS) is 15.3. The zero-order valence-electron chi connectivity index (χ0n) is 22.8. The van der Waals surface area contributed by atoms with E-state index >= 15 is 0 Å². The van der Waals surface area contributed by atoms with Crippen molar-refractivity contribution in [1.82, 2.24) is 4.90 Å². The van der Waals surface area contributed by atoms with E-state index in [4.69, 9.17) is 24.4 Å². The Balaban J connectivity index is 1.27. The Morgan fingerprint density at radius 2 is 1.61 bits per heavy atom. The lowest BCUT2D eigenvalue weighted by Gasteiger charge is -2.27. The van der Waals surface area contributed by atoms with E-state index in [1.807, 2.05) is 60.0 Å². The number of carbonyl (C=O) groups is 1.